The van der Waals surface area contributed by atoms with Crippen LogP contribution in [-0.4, -0.2) is 10.8 Å². The highest BCUT2D eigenvalue weighted by Gasteiger charge is 1.97. The third kappa shape index (κ3) is 1.87. The molecule has 0 saturated heterocycles. The third-order valence-electron chi connectivity index (χ3n) is 0.796. The van der Waals surface area contributed by atoms with Gasteiger partial charge < -0.3 is 16.2 Å². The predicted molar refractivity (Wildman–Crippen MR) is 36.1 cm³/mol. The number of aliphatic hydroxyl groups excluding tert-OH is 1. The van der Waals surface area contributed by atoms with Gasteiger partial charge in [0, 0.05) is 0 Å². The van der Waals surface area contributed by atoms with Crippen LogP contribution in [0.2, 0.25) is 0 Å². The molecular formula is C6H8N2O. The van der Waals surface area contributed by atoms with Gasteiger partial charge in [0.05, 0.1) is 5.71 Å². The zero-order valence-corrected chi connectivity index (χ0v) is 5.10. The van der Waals surface area contributed by atoms with E-state index in [1.165, 1.54) is 6.92 Å². The number of hydrogen-bond donors (Lipinski definition) is 3. The van der Waals surface area contributed by atoms with E-state index >= 15 is 0 Å². The molecule has 0 aromatic carbocycles. The second kappa shape index (κ2) is 2.78. The first kappa shape index (κ1) is 7.57. The van der Waals surface area contributed by atoms with Crippen molar-refractivity contribution in [2.24, 2.45) is 5.73 Å². The van der Waals surface area contributed by atoms with Crippen LogP contribution in [0.15, 0.2) is 11.5 Å². The summed E-state index contributed by atoms with van der Waals surface area (Å²) >= 11 is 0. The fourth-order valence-electron chi connectivity index (χ4n) is 0.255. The van der Waals surface area contributed by atoms with Gasteiger partial charge in [0.15, 0.2) is 5.76 Å². The molecule has 0 atom stereocenters. The first-order valence-electron chi connectivity index (χ1n) is 2.30. The Bertz CT molecular complexity index is 198. The van der Waals surface area contributed by atoms with Crippen molar-refractivity contribution in [1.29, 1.82) is 5.41 Å². The van der Waals surface area contributed by atoms with E-state index in [0.717, 1.165) is 0 Å². The zero-order chi connectivity index (χ0) is 7.44. The van der Waals surface area contributed by atoms with Crippen LogP contribution in [0.4, 0.5) is 0 Å². The van der Waals surface area contributed by atoms with Gasteiger partial charge in [-0.25, -0.2) is 0 Å². The third-order valence-corrected chi connectivity index (χ3v) is 0.796. The summed E-state index contributed by atoms with van der Waals surface area (Å²) in [6, 6.07) is 0. The second-order valence-corrected chi connectivity index (χ2v) is 1.53. The second-order valence-electron chi connectivity index (χ2n) is 1.53. The lowest BCUT2D eigenvalue weighted by Gasteiger charge is -1.95. The van der Waals surface area contributed by atoms with E-state index in [0.29, 0.717) is 0 Å². The van der Waals surface area contributed by atoms with Crippen molar-refractivity contribution in [1.82, 2.24) is 0 Å². The molecule has 0 amide bonds. The molecule has 0 spiro atoms. The van der Waals surface area contributed by atoms with Crippen LogP contribution in [0.3, 0.4) is 0 Å². The topological polar surface area (TPSA) is 70.1 Å². The summed E-state index contributed by atoms with van der Waals surface area (Å²) in [5.41, 5.74) is 5.16. The average Bonchev–Trinajstić information content (AvgIpc) is 1.84. The summed E-state index contributed by atoms with van der Waals surface area (Å²) < 4.78 is 0. The Kier molecular flexibility index (Phi) is 2.33. The van der Waals surface area contributed by atoms with E-state index in [2.05, 4.69) is 0 Å². The van der Waals surface area contributed by atoms with Crippen molar-refractivity contribution in [3.05, 3.63) is 11.5 Å². The van der Waals surface area contributed by atoms with Gasteiger partial charge in [-0.3, -0.25) is 0 Å². The minimum atomic E-state index is -0.373. The van der Waals surface area contributed by atoms with Crippen LogP contribution in [0.25, 0.3) is 0 Å². The monoisotopic (exact) mass is 124 g/mol. The number of aliphatic hydroxyl groups is 1. The van der Waals surface area contributed by atoms with E-state index < -0.39 is 0 Å². The largest absolute Gasteiger partial charge is 0.499 e. The van der Waals surface area contributed by atoms with E-state index in [-0.39, 0.29) is 17.2 Å². The normalized spacial score (nSPS) is 11.6. The Morgan fingerprint density at radius 3 is 2.33 bits per heavy atom. The molecule has 48 valence electrons. The lowest BCUT2D eigenvalue weighted by atomic mass is 10.3. The number of allylic oxidation sites excluding steroid dienone is 2. The van der Waals surface area contributed by atoms with Gasteiger partial charge in [-0.05, 0) is 12.8 Å². The van der Waals surface area contributed by atoms with Crippen LogP contribution in [0, 0.1) is 17.8 Å². The van der Waals surface area contributed by atoms with Gasteiger partial charge in [0.25, 0.3) is 0 Å². The maximum atomic E-state index is 8.67. The van der Waals surface area contributed by atoms with Crippen molar-refractivity contribution in [2.75, 3.05) is 0 Å². The fourth-order valence-corrected chi connectivity index (χ4v) is 0.255. The SMILES string of the molecule is C#C/C(O)=C(\N)C(C)=N. The number of nitrogens with one attached hydrogen (secondary N) is 1. The van der Waals surface area contributed by atoms with E-state index in [4.69, 9.17) is 22.7 Å². The average molecular weight is 124 g/mol. The van der Waals surface area contributed by atoms with Crippen molar-refractivity contribution >= 4 is 5.71 Å². The van der Waals surface area contributed by atoms with Crippen LogP contribution < -0.4 is 5.73 Å². The number of hydrogen-bond acceptors (Lipinski definition) is 3. The Morgan fingerprint density at radius 1 is 1.78 bits per heavy atom. The molecule has 0 fully saturated rings. The van der Waals surface area contributed by atoms with E-state index in [1.807, 2.05) is 5.92 Å². The van der Waals surface area contributed by atoms with Gasteiger partial charge in [-0.15, -0.1) is 6.42 Å². The maximum Gasteiger partial charge on any atom is 0.192 e. The van der Waals surface area contributed by atoms with Crippen LogP contribution in [0.5, 0.6) is 0 Å². The molecule has 0 aromatic rings. The zero-order valence-electron chi connectivity index (χ0n) is 5.10. The first-order valence-corrected chi connectivity index (χ1v) is 2.30. The highest BCUT2D eigenvalue weighted by molar-refractivity contribution is 5.95. The smallest absolute Gasteiger partial charge is 0.192 e. The van der Waals surface area contributed by atoms with Gasteiger partial charge in [0.2, 0.25) is 0 Å². The van der Waals surface area contributed by atoms with Gasteiger partial charge >= 0.3 is 0 Å². The molecule has 0 unspecified atom stereocenters. The number of rotatable bonds is 1. The molecular weight excluding hydrogens is 116 g/mol. The standard InChI is InChI=1S/C6H8N2O/c1-3-5(9)6(8)4(2)7/h1,7,9H,8H2,2H3/b6-5+,7-4?. The summed E-state index contributed by atoms with van der Waals surface area (Å²) in [5, 5.41) is 15.6. The minimum absolute atomic E-state index is 0.0440. The summed E-state index contributed by atoms with van der Waals surface area (Å²) in [7, 11) is 0. The molecule has 0 bridgehead atoms. The van der Waals surface area contributed by atoms with Crippen molar-refractivity contribution in [3.63, 3.8) is 0 Å². The molecule has 0 saturated carbocycles. The molecule has 0 rings (SSSR count). The van der Waals surface area contributed by atoms with Crippen molar-refractivity contribution < 1.29 is 5.11 Å². The highest BCUT2D eigenvalue weighted by atomic mass is 16.3. The molecule has 0 aliphatic rings. The Labute approximate surface area is 53.7 Å². The quantitative estimate of drug-likeness (QED) is 0.269. The lowest BCUT2D eigenvalue weighted by Crippen LogP contribution is -2.09. The van der Waals surface area contributed by atoms with Crippen molar-refractivity contribution in [3.8, 4) is 12.3 Å². The predicted octanol–water partition coefficient (Wildman–Crippen LogP) is 0.388. The van der Waals surface area contributed by atoms with Gasteiger partial charge in [-0.1, -0.05) is 0 Å². The number of terminal acetylenes is 1. The van der Waals surface area contributed by atoms with Gasteiger partial charge in [-0.2, -0.15) is 0 Å². The van der Waals surface area contributed by atoms with E-state index in [9.17, 15) is 0 Å². The molecule has 0 aliphatic heterocycles. The minimum Gasteiger partial charge on any atom is -0.499 e. The first-order chi connectivity index (χ1) is 4.09. The van der Waals surface area contributed by atoms with Crippen LogP contribution in [-0.2, 0) is 0 Å². The Hall–Kier alpha value is -1.43. The summed E-state index contributed by atoms with van der Waals surface area (Å²) in [5.74, 6) is 1.54. The maximum absolute atomic E-state index is 8.67. The number of nitrogens with two attached hydrogens (primary N) is 1. The molecule has 0 radical (unpaired) electrons. The molecule has 3 nitrogen and oxygen atoms in total. The summed E-state index contributed by atoms with van der Waals surface area (Å²) in [6.45, 7) is 1.45. The Morgan fingerprint density at radius 2 is 2.22 bits per heavy atom. The van der Waals surface area contributed by atoms with E-state index in [1.54, 1.807) is 0 Å². The molecule has 0 aromatic heterocycles. The molecule has 4 N–H and O–H groups in total. The molecule has 9 heavy (non-hydrogen) atoms. The fraction of sp³-hybridized carbons (Fsp3) is 0.167. The van der Waals surface area contributed by atoms with Crippen molar-refractivity contribution in [2.45, 2.75) is 6.92 Å². The molecule has 0 aliphatic carbocycles. The van der Waals surface area contributed by atoms with Crippen LogP contribution in [0.1, 0.15) is 6.92 Å². The highest BCUT2D eigenvalue weighted by Crippen LogP contribution is 1.92. The Balaban J connectivity index is 4.54. The summed E-state index contributed by atoms with van der Waals surface area (Å²) in [4.78, 5) is 0. The molecule has 0 heterocycles. The van der Waals surface area contributed by atoms with Crippen LogP contribution >= 0.6 is 0 Å². The summed E-state index contributed by atoms with van der Waals surface area (Å²) in [6.07, 6.45) is 4.78. The lowest BCUT2D eigenvalue weighted by molar-refractivity contribution is 0.434. The van der Waals surface area contributed by atoms with Gasteiger partial charge in [0.1, 0.15) is 5.70 Å². The molecule has 3 heteroatoms.